The van der Waals surface area contributed by atoms with Crippen molar-refractivity contribution in [3.8, 4) is 0 Å². The highest BCUT2D eigenvalue weighted by molar-refractivity contribution is 6.27. The van der Waals surface area contributed by atoms with Crippen LogP contribution in [0.1, 0.15) is 12.5 Å². The molecule has 0 unspecified atom stereocenters. The highest BCUT2D eigenvalue weighted by Gasteiger charge is 2.28. The summed E-state index contributed by atoms with van der Waals surface area (Å²) < 4.78 is 4.82. The Morgan fingerprint density at radius 1 is 1.04 bits per heavy atom. The van der Waals surface area contributed by atoms with Crippen molar-refractivity contribution < 1.29 is 23.9 Å². The van der Waals surface area contributed by atoms with Crippen molar-refractivity contribution >= 4 is 57.9 Å². The first kappa shape index (κ1) is 21.7. The van der Waals surface area contributed by atoms with Crippen molar-refractivity contribution in [2.45, 2.75) is 25.4 Å². The molecule has 0 saturated carbocycles. The van der Waals surface area contributed by atoms with Gasteiger partial charge in [0.05, 0.1) is 0 Å². The molecule has 10 heteroatoms. The van der Waals surface area contributed by atoms with E-state index in [1.54, 1.807) is 6.20 Å². The third-order valence-electron chi connectivity index (χ3n) is 3.89. The van der Waals surface area contributed by atoms with Crippen molar-refractivity contribution in [2.75, 3.05) is 11.8 Å². The van der Waals surface area contributed by atoms with Crippen LogP contribution in [0.3, 0.4) is 0 Å². The maximum atomic E-state index is 12.5. The molecule has 150 valence electrons. The van der Waals surface area contributed by atoms with E-state index in [1.807, 2.05) is 24.3 Å². The smallest absolute Gasteiger partial charge is 0.336 e. The molecule has 0 radical (unpaired) electrons. The molecule has 1 aromatic carbocycles. The normalized spacial score (nSPS) is 12.8. The lowest BCUT2D eigenvalue weighted by Gasteiger charge is -2.18. The number of aromatic nitrogens is 1. The number of amides is 2. The molecule has 3 N–H and O–H groups in total. The summed E-state index contributed by atoms with van der Waals surface area (Å²) in [6, 6.07) is 5.22. The molecule has 28 heavy (non-hydrogen) atoms. The van der Waals surface area contributed by atoms with Gasteiger partial charge in [0.1, 0.15) is 23.8 Å². The third kappa shape index (κ3) is 5.71. The molecule has 0 saturated heterocycles. The number of rotatable bonds is 8. The minimum atomic E-state index is -1.13. The van der Waals surface area contributed by atoms with Crippen LogP contribution in [-0.4, -0.2) is 52.6 Å². The van der Waals surface area contributed by atoms with E-state index in [0.717, 1.165) is 16.5 Å². The predicted octanol–water partition coefficient (Wildman–Crippen LogP) is 1.25. The molecule has 0 spiro atoms. The Bertz CT molecular complexity index is 883. The number of alkyl halides is 2. The summed E-state index contributed by atoms with van der Waals surface area (Å²) in [7, 11) is 0. The summed E-state index contributed by atoms with van der Waals surface area (Å²) in [5, 5.41) is 5.60. The lowest BCUT2D eigenvalue weighted by Crippen LogP contribution is -2.47. The lowest BCUT2D eigenvalue weighted by atomic mass is 10.0. The minimum Gasteiger partial charge on any atom is -0.390 e. The van der Waals surface area contributed by atoms with E-state index in [9.17, 15) is 19.2 Å². The maximum absolute atomic E-state index is 12.5. The zero-order chi connectivity index (χ0) is 20.7. The van der Waals surface area contributed by atoms with E-state index >= 15 is 0 Å². The van der Waals surface area contributed by atoms with Gasteiger partial charge in [-0.05, 0) is 18.6 Å². The first-order valence-electron chi connectivity index (χ1n) is 8.36. The largest absolute Gasteiger partial charge is 0.390 e. The molecule has 0 fully saturated rings. The SMILES string of the molecule is C[C@H](NC(=O)CCl)C(=O)OC(=O)[C@H](Cc1c[nH]c2ccccc12)NC(=O)CCl. The second kappa shape index (κ2) is 10.1. The van der Waals surface area contributed by atoms with Crippen LogP contribution in [0.4, 0.5) is 0 Å². The van der Waals surface area contributed by atoms with Gasteiger partial charge in [0.15, 0.2) is 0 Å². The number of carbonyl (C=O) groups excluding carboxylic acids is 4. The fourth-order valence-corrected chi connectivity index (χ4v) is 2.70. The molecule has 2 atom stereocenters. The predicted molar refractivity (Wildman–Crippen MR) is 104 cm³/mol. The Hall–Kier alpha value is -2.58. The Morgan fingerprint density at radius 3 is 2.36 bits per heavy atom. The Kier molecular flexibility index (Phi) is 7.83. The number of ether oxygens (including phenoxy) is 1. The van der Waals surface area contributed by atoms with Gasteiger partial charge < -0.3 is 20.4 Å². The summed E-state index contributed by atoms with van der Waals surface area (Å²) in [4.78, 5) is 50.5. The molecule has 2 amide bonds. The quantitative estimate of drug-likeness (QED) is 0.332. The van der Waals surface area contributed by atoms with Crippen LogP contribution in [0, 0.1) is 0 Å². The molecule has 0 bridgehead atoms. The van der Waals surface area contributed by atoms with Gasteiger partial charge in [0, 0.05) is 23.5 Å². The second-order valence-electron chi connectivity index (χ2n) is 5.98. The number of esters is 2. The summed E-state index contributed by atoms with van der Waals surface area (Å²) in [6.45, 7) is 1.35. The highest BCUT2D eigenvalue weighted by Crippen LogP contribution is 2.19. The van der Waals surface area contributed by atoms with Gasteiger partial charge in [-0.15, -0.1) is 23.2 Å². The average molecular weight is 428 g/mol. The number of hydrogen-bond acceptors (Lipinski definition) is 5. The van der Waals surface area contributed by atoms with E-state index in [-0.39, 0.29) is 18.2 Å². The van der Waals surface area contributed by atoms with Crippen LogP contribution in [0.5, 0.6) is 0 Å². The molecule has 0 aliphatic carbocycles. The molecule has 1 heterocycles. The van der Waals surface area contributed by atoms with Crippen LogP contribution >= 0.6 is 23.2 Å². The number of nitrogens with one attached hydrogen (secondary N) is 3. The van der Waals surface area contributed by atoms with E-state index in [2.05, 4.69) is 15.6 Å². The van der Waals surface area contributed by atoms with Crippen LogP contribution in [0.2, 0.25) is 0 Å². The van der Waals surface area contributed by atoms with Gasteiger partial charge >= 0.3 is 11.9 Å². The number of H-pyrrole nitrogens is 1. The highest BCUT2D eigenvalue weighted by atomic mass is 35.5. The van der Waals surface area contributed by atoms with Crippen LogP contribution in [-0.2, 0) is 30.3 Å². The first-order chi connectivity index (χ1) is 13.3. The van der Waals surface area contributed by atoms with Gasteiger partial charge in [0.25, 0.3) is 0 Å². The van der Waals surface area contributed by atoms with Gasteiger partial charge in [-0.2, -0.15) is 0 Å². The van der Waals surface area contributed by atoms with Gasteiger partial charge in [-0.25, -0.2) is 9.59 Å². The summed E-state index contributed by atoms with van der Waals surface area (Å²) in [5.74, 6) is -3.77. The van der Waals surface area contributed by atoms with E-state index < -0.39 is 35.8 Å². The van der Waals surface area contributed by atoms with Crippen molar-refractivity contribution in [3.63, 3.8) is 0 Å². The van der Waals surface area contributed by atoms with Crippen molar-refractivity contribution in [1.29, 1.82) is 0 Å². The first-order valence-corrected chi connectivity index (χ1v) is 9.43. The fraction of sp³-hybridized carbons (Fsp3) is 0.333. The van der Waals surface area contributed by atoms with E-state index in [4.69, 9.17) is 27.9 Å². The van der Waals surface area contributed by atoms with Gasteiger partial charge in [0.2, 0.25) is 11.8 Å². The van der Waals surface area contributed by atoms with Crippen molar-refractivity contribution in [2.24, 2.45) is 0 Å². The lowest BCUT2D eigenvalue weighted by molar-refractivity contribution is -0.163. The minimum absolute atomic E-state index is 0.0845. The van der Waals surface area contributed by atoms with Crippen LogP contribution in [0.25, 0.3) is 10.9 Å². The molecule has 8 nitrogen and oxygen atoms in total. The molecular formula is C18H19Cl2N3O5. The van der Waals surface area contributed by atoms with Crippen LogP contribution < -0.4 is 10.6 Å². The van der Waals surface area contributed by atoms with Gasteiger partial charge in [-0.3, -0.25) is 9.59 Å². The number of hydrogen-bond donors (Lipinski definition) is 3. The number of benzene rings is 1. The van der Waals surface area contributed by atoms with E-state index in [0.29, 0.717) is 0 Å². The van der Waals surface area contributed by atoms with E-state index in [1.165, 1.54) is 6.92 Å². The Balaban J connectivity index is 2.13. The monoisotopic (exact) mass is 427 g/mol. The number of fused-ring (bicyclic) bond motifs is 1. The maximum Gasteiger partial charge on any atom is 0.336 e. The average Bonchev–Trinajstić information content (AvgIpc) is 3.09. The summed E-state index contributed by atoms with van der Waals surface area (Å²) in [5.41, 5.74) is 1.62. The molecule has 1 aromatic heterocycles. The standard InChI is InChI=1S/C18H19Cl2N3O5/c1-10(22-15(24)7-19)17(26)28-18(27)14(23-16(25)8-20)6-11-9-21-13-5-3-2-4-12(11)13/h2-5,9-10,14,21H,6-8H2,1H3,(H,22,24)(H,23,25)/t10-,14-/m0/s1. The van der Waals surface area contributed by atoms with Crippen molar-refractivity contribution in [1.82, 2.24) is 15.6 Å². The summed E-state index contributed by atoms with van der Waals surface area (Å²) >= 11 is 10.9. The Labute approximate surface area is 170 Å². The molecular weight excluding hydrogens is 409 g/mol. The molecule has 2 aromatic rings. The Morgan fingerprint density at radius 2 is 1.68 bits per heavy atom. The van der Waals surface area contributed by atoms with Crippen molar-refractivity contribution in [3.05, 3.63) is 36.0 Å². The number of aromatic amines is 1. The second-order valence-corrected chi connectivity index (χ2v) is 6.51. The molecule has 0 aliphatic rings. The number of halogens is 2. The fourth-order valence-electron chi connectivity index (χ4n) is 2.54. The number of carbonyl (C=O) groups is 4. The zero-order valence-electron chi connectivity index (χ0n) is 15.0. The third-order valence-corrected chi connectivity index (χ3v) is 4.38. The van der Waals surface area contributed by atoms with Gasteiger partial charge in [-0.1, -0.05) is 18.2 Å². The molecule has 2 rings (SSSR count). The van der Waals surface area contributed by atoms with Crippen LogP contribution in [0.15, 0.2) is 30.5 Å². The topological polar surface area (TPSA) is 117 Å². The number of para-hydroxylation sites is 1. The summed E-state index contributed by atoms with van der Waals surface area (Å²) in [6.07, 6.45) is 1.80. The molecule has 0 aliphatic heterocycles. The zero-order valence-corrected chi connectivity index (χ0v) is 16.5.